The Kier molecular flexibility index (Phi) is 2.08. The van der Waals surface area contributed by atoms with Crippen LogP contribution in [0.1, 0.15) is 5.76 Å². The topological polar surface area (TPSA) is 57.6 Å². The molecule has 0 spiro atoms. The minimum Gasteiger partial charge on any atom is -0.460 e. The molecule has 0 radical (unpaired) electrons. The molecule has 1 aliphatic heterocycles. The summed E-state index contributed by atoms with van der Waals surface area (Å²) in [4.78, 5) is 0. The van der Waals surface area contributed by atoms with Gasteiger partial charge in [0, 0.05) is 5.56 Å². The molecule has 1 aliphatic rings. The summed E-state index contributed by atoms with van der Waals surface area (Å²) >= 11 is 0. The van der Waals surface area contributed by atoms with Crippen molar-refractivity contribution >= 4 is 0 Å². The largest absolute Gasteiger partial charge is 0.460 e. The Morgan fingerprint density at radius 3 is 2.75 bits per heavy atom. The van der Waals surface area contributed by atoms with Gasteiger partial charge in [0.1, 0.15) is 11.5 Å². The molecule has 3 rings (SSSR count). The average Bonchev–Trinajstić information content (AvgIpc) is 2.96. The molecule has 4 heteroatoms. The molecule has 1 aromatic heterocycles. The number of benzene rings is 1. The molecule has 2 aromatic rings. The van der Waals surface area contributed by atoms with Gasteiger partial charge in [0.2, 0.25) is 6.79 Å². The van der Waals surface area contributed by atoms with E-state index < -0.39 is 0 Å². The summed E-state index contributed by atoms with van der Waals surface area (Å²) in [6.07, 6.45) is 0. The lowest BCUT2D eigenvalue weighted by molar-refractivity contribution is 0.174. The van der Waals surface area contributed by atoms with E-state index in [1.807, 2.05) is 30.3 Å². The van der Waals surface area contributed by atoms with Crippen molar-refractivity contribution in [2.24, 2.45) is 5.73 Å². The standard InChI is InChI=1S/C12H11NO3/c13-6-9-2-4-10(16-9)8-1-3-11-12(5-8)15-7-14-11/h1-5H,6-7,13H2. The SMILES string of the molecule is NCc1ccc(-c2ccc3c(c2)OCO3)o1. The molecule has 0 aliphatic carbocycles. The van der Waals surface area contributed by atoms with Gasteiger partial charge in [-0.15, -0.1) is 0 Å². The molecule has 0 atom stereocenters. The Labute approximate surface area is 92.6 Å². The highest BCUT2D eigenvalue weighted by Crippen LogP contribution is 2.36. The van der Waals surface area contributed by atoms with Gasteiger partial charge in [-0.1, -0.05) is 0 Å². The van der Waals surface area contributed by atoms with Crippen LogP contribution in [-0.2, 0) is 6.54 Å². The summed E-state index contributed by atoms with van der Waals surface area (Å²) in [6, 6.07) is 9.50. The quantitative estimate of drug-likeness (QED) is 0.837. The lowest BCUT2D eigenvalue weighted by Gasteiger charge is -1.99. The van der Waals surface area contributed by atoms with Gasteiger partial charge in [0.25, 0.3) is 0 Å². The van der Waals surface area contributed by atoms with E-state index in [1.165, 1.54) is 0 Å². The predicted molar refractivity (Wildman–Crippen MR) is 58.2 cm³/mol. The first kappa shape index (κ1) is 9.30. The first-order chi connectivity index (χ1) is 7.86. The Morgan fingerprint density at radius 2 is 1.94 bits per heavy atom. The van der Waals surface area contributed by atoms with Crippen molar-refractivity contribution in [1.29, 1.82) is 0 Å². The molecule has 0 saturated carbocycles. The molecular formula is C12H11NO3. The number of furan rings is 1. The summed E-state index contributed by atoms with van der Waals surface area (Å²) in [5.74, 6) is 3.09. The van der Waals surface area contributed by atoms with Gasteiger partial charge >= 0.3 is 0 Å². The van der Waals surface area contributed by atoms with Crippen LogP contribution in [0, 0.1) is 0 Å². The zero-order chi connectivity index (χ0) is 11.0. The van der Waals surface area contributed by atoms with Crippen LogP contribution in [-0.4, -0.2) is 6.79 Å². The zero-order valence-corrected chi connectivity index (χ0v) is 8.60. The molecule has 16 heavy (non-hydrogen) atoms. The fourth-order valence-electron chi connectivity index (χ4n) is 1.69. The van der Waals surface area contributed by atoms with E-state index in [4.69, 9.17) is 19.6 Å². The molecule has 0 saturated heterocycles. The van der Waals surface area contributed by atoms with Crippen LogP contribution in [0.5, 0.6) is 11.5 Å². The van der Waals surface area contributed by atoms with Crippen LogP contribution in [0.15, 0.2) is 34.7 Å². The second-order valence-corrected chi connectivity index (χ2v) is 3.54. The smallest absolute Gasteiger partial charge is 0.231 e. The molecular weight excluding hydrogens is 206 g/mol. The second-order valence-electron chi connectivity index (χ2n) is 3.54. The summed E-state index contributed by atoms with van der Waals surface area (Å²) < 4.78 is 16.1. The number of hydrogen-bond acceptors (Lipinski definition) is 4. The third kappa shape index (κ3) is 1.44. The highest BCUT2D eigenvalue weighted by atomic mass is 16.7. The average molecular weight is 217 g/mol. The molecule has 0 amide bonds. The monoisotopic (exact) mass is 217 g/mol. The fraction of sp³-hybridized carbons (Fsp3) is 0.167. The van der Waals surface area contributed by atoms with Crippen molar-refractivity contribution in [2.45, 2.75) is 6.54 Å². The van der Waals surface area contributed by atoms with Crippen LogP contribution in [0.3, 0.4) is 0 Å². The van der Waals surface area contributed by atoms with Crippen LogP contribution in [0.2, 0.25) is 0 Å². The van der Waals surface area contributed by atoms with E-state index in [0.29, 0.717) is 6.54 Å². The maximum atomic E-state index is 5.56. The van der Waals surface area contributed by atoms with E-state index in [1.54, 1.807) is 0 Å². The maximum Gasteiger partial charge on any atom is 0.231 e. The Morgan fingerprint density at radius 1 is 1.06 bits per heavy atom. The molecule has 0 unspecified atom stereocenters. The minimum absolute atomic E-state index is 0.283. The fourth-order valence-corrected chi connectivity index (χ4v) is 1.69. The van der Waals surface area contributed by atoms with Gasteiger partial charge in [-0.2, -0.15) is 0 Å². The van der Waals surface area contributed by atoms with Gasteiger partial charge < -0.3 is 19.6 Å². The van der Waals surface area contributed by atoms with Gasteiger partial charge in [-0.05, 0) is 30.3 Å². The number of hydrogen-bond donors (Lipinski definition) is 1. The highest BCUT2D eigenvalue weighted by molar-refractivity contribution is 5.63. The van der Waals surface area contributed by atoms with Crippen LogP contribution in [0.4, 0.5) is 0 Å². The number of rotatable bonds is 2. The van der Waals surface area contributed by atoms with E-state index >= 15 is 0 Å². The molecule has 0 fully saturated rings. The Balaban J connectivity index is 2.00. The summed E-state index contributed by atoms with van der Waals surface area (Å²) in [5.41, 5.74) is 6.45. The molecule has 2 heterocycles. The maximum absolute atomic E-state index is 5.56. The van der Waals surface area contributed by atoms with Gasteiger partial charge in [-0.3, -0.25) is 0 Å². The highest BCUT2D eigenvalue weighted by Gasteiger charge is 2.14. The lowest BCUT2D eigenvalue weighted by Crippen LogP contribution is -1.92. The Hall–Kier alpha value is -1.94. The van der Waals surface area contributed by atoms with E-state index in [9.17, 15) is 0 Å². The van der Waals surface area contributed by atoms with Crippen molar-refractivity contribution in [3.05, 3.63) is 36.1 Å². The normalized spacial score (nSPS) is 13.1. The van der Waals surface area contributed by atoms with Gasteiger partial charge in [-0.25, -0.2) is 0 Å². The first-order valence-electron chi connectivity index (χ1n) is 5.05. The van der Waals surface area contributed by atoms with Crippen molar-refractivity contribution < 1.29 is 13.9 Å². The number of ether oxygens (including phenoxy) is 2. The summed E-state index contributed by atoms with van der Waals surface area (Å²) in [7, 11) is 0. The van der Waals surface area contributed by atoms with Crippen molar-refractivity contribution in [1.82, 2.24) is 0 Å². The second kappa shape index (κ2) is 3.57. The number of nitrogens with two attached hydrogens (primary N) is 1. The first-order valence-corrected chi connectivity index (χ1v) is 5.05. The third-order valence-corrected chi connectivity index (χ3v) is 2.52. The Bertz CT molecular complexity index is 519. The van der Waals surface area contributed by atoms with Crippen LogP contribution < -0.4 is 15.2 Å². The van der Waals surface area contributed by atoms with Gasteiger partial charge in [0.15, 0.2) is 11.5 Å². The van der Waals surface area contributed by atoms with E-state index in [2.05, 4.69) is 0 Å². The van der Waals surface area contributed by atoms with E-state index in [-0.39, 0.29) is 6.79 Å². The molecule has 0 bridgehead atoms. The van der Waals surface area contributed by atoms with Crippen molar-refractivity contribution in [3.63, 3.8) is 0 Å². The minimum atomic E-state index is 0.283. The number of fused-ring (bicyclic) bond motifs is 1. The van der Waals surface area contributed by atoms with Crippen molar-refractivity contribution in [3.8, 4) is 22.8 Å². The summed E-state index contributed by atoms with van der Waals surface area (Å²) in [6.45, 7) is 0.690. The molecule has 82 valence electrons. The lowest BCUT2D eigenvalue weighted by atomic mass is 10.1. The van der Waals surface area contributed by atoms with Crippen LogP contribution in [0.25, 0.3) is 11.3 Å². The third-order valence-electron chi connectivity index (χ3n) is 2.52. The zero-order valence-electron chi connectivity index (χ0n) is 8.60. The van der Waals surface area contributed by atoms with Gasteiger partial charge in [0.05, 0.1) is 6.54 Å². The van der Waals surface area contributed by atoms with Crippen LogP contribution >= 0.6 is 0 Å². The molecule has 2 N–H and O–H groups in total. The van der Waals surface area contributed by atoms with E-state index in [0.717, 1.165) is 28.6 Å². The molecule has 4 nitrogen and oxygen atoms in total. The molecule has 1 aromatic carbocycles. The van der Waals surface area contributed by atoms with Crippen molar-refractivity contribution in [2.75, 3.05) is 6.79 Å². The predicted octanol–water partition coefficient (Wildman–Crippen LogP) is 2.13. The summed E-state index contributed by atoms with van der Waals surface area (Å²) in [5, 5.41) is 0.